The van der Waals surface area contributed by atoms with Crippen molar-refractivity contribution >= 4 is 45.0 Å². The molecule has 0 saturated heterocycles. The molecule has 0 aliphatic heterocycles. The number of rotatable bonds is 8. The van der Waals surface area contributed by atoms with Gasteiger partial charge in [-0.05, 0) is 29.8 Å². The van der Waals surface area contributed by atoms with E-state index in [4.69, 9.17) is 11.6 Å². The van der Waals surface area contributed by atoms with Gasteiger partial charge in [0.05, 0.1) is 16.8 Å². The molecule has 2 N–H and O–H groups in total. The Morgan fingerprint density at radius 3 is 2.65 bits per heavy atom. The van der Waals surface area contributed by atoms with E-state index in [1.807, 2.05) is 0 Å². The maximum absolute atomic E-state index is 13.5. The van der Waals surface area contributed by atoms with Gasteiger partial charge in [0.25, 0.3) is 5.91 Å². The Balaban J connectivity index is 1.86. The molecular formula is C17H18ClFN2O3S2. The first-order chi connectivity index (χ1) is 12.3. The van der Waals surface area contributed by atoms with E-state index in [0.29, 0.717) is 23.6 Å². The van der Waals surface area contributed by atoms with Crippen LogP contribution in [0.15, 0.2) is 42.5 Å². The van der Waals surface area contributed by atoms with E-state index >= 15 is 0 Å². The van der Waals surface area contributed by atoms with Crippen molar-refractivity contribution in [2.75, 3.05) is 23.3 Å². The van der Waals surface area contributed by atoms with Crippen LogP contribution in [0.3, 0.4) is 0 Å². The predicted octanol–water partition coefficient (Wildman–Crippen LogP) is 3.51. The molecule has 0 radical (unpaired) electrons. The second-order valence-corrected chi connectivity index (χ2v) is 8.73. The quantitative estimate of drug-likeness (QED) is 0.645. The van der Waals surface area contributed by atoms with Crippen LogP contribution >= 0.6 is 23.4 Å². The Bertz CT molecular complexity index is 891. The minimum absolute atomic E-state index is 0.180. The number of amides is 1. The number of thioether (sulfide) groups is 1. The number of carbonyl (C=O) groups is 1. The predicted molar refractivity (Wildman–Crippen MR) is 105 cm³/mol. The highest BCUT2D eigenvalue weighted by Gasteiger charge is 2.12. The van der Waals surface area contributed by atoms with Crippen LogP contribution in [0.1, 0.15) is 15.9 Å². The maximum atomic E-state index is 13.5. The summed E-state index contributed by atoms with van der Waals surface area (Å²) in [6, 6.07) is 10.9. The monoisotopic (exact) mass is 416 g/mol. The number of carbonyl (C=O) groups excluding carboxylic acids is 1. The molecule has 5 nitrogen and oxygen atoms in total. The molecule has 1 amide bonds. The fourth-order valence-electron chi connectivity index (χ4n) is 2.11. The van der Waals surface area contributed by atoms with Gasteiger partial charge in [0.15, 0.2) is 0 Å². The van der Waals surface area contributed by atoms with E-state index in [0.717, 1.165) is 6.26 Å². The van der Waals surface area contributed by atoms with Gasteiger partial charge in [-0.1, -0.05) is 29.8 Å². The van der Waals surface area contributed by atoms with Crippen molar-refractivity contribution in [1.82, 2.24) is 5.32 Å². The van der Waals surface area contributed by atoms with Crippen LogP contribution in [-0.4, -0.2) is 32.9 Å². The number of nitrogens with one attached hydrogen (secondary N) is 2. The van der Waals surface area contributed by atoms with Crippen LogP contribution in [0, 0.1) is 5.82 Å². The van der Waals surface area contributed by atoms with Crippen molar-refractivity contribution in [2.24, 2.45) is 0 Å². The smallest absolute Gasteiger partial charge is 0.252 e. The first-order valence-corrected chi connectivity index (χ1v) is 11.1. The van der Waals surface area contributed by atoms with E-state index in [9.17, 15) is 17.6 Å². The fraction of sp³-hybridized carbons (Fsp3) is 0.235. The SMILES string of the molecule is CS(=O)(=O)Nc1ccc(Cl)c(C(=O)NCCSCc2ccccc2F)c1. The third kappa shape index (κ3) is 6.51. The number of sulfonamides is 1. The molecule has 0 atom stereocenters. The molecule has 0 bridgehead atoms. The molecule has 9 heteroatoms. The summed E-state index contributed by atoms with van der Waals surface area (Å²) in [5.74, 6) is 0.459. The minimum atomic E-state index is -3.45. The largest absolute Gasteiger partial charge is 0.351 e. The van der Waals surface area contributed by atoms with E-state index in [2.05, 4.69) is 10.0 Å². The van der Waals surface area contributed by atoms with Gasteiger partial charge in [0.2, 0.25) is 10.0 Å². The normalized spacial score (nSPS) is 11.2. The molecule has 0 aliphatic carbocycles. The Hall–Kier alpha value is -1.77. The number of anilines is 1. The van der Waals surface area contributed by atoms with Gasteiger partial charge in [-0.15, -0.1) is 0 Å². The molecule has 0 aromatic heterocycles. The lowest BCUT2D eigenvalue weighted by atomic mass is 10.2. The van der Waals surface area contributed by atoms with Crippen molar-refractivity contribution < 1.29 is 17.6 Å². The zero-order valence-electron chi connectivity index (χ0n) is 14.0. The van der Waals surface area contributed by atoms with Crippen molar-refractivity contribution in [3.8, 4) is 0 Å². The number of halogens is 2. The van der Waals surface area contributed by atoms with Gasteiger partial charge in [-0.25, -0.2) is 12.8 Å². The topological polar surface area (TPSA) is 75.3 Å². The van der Waals surface area contributed by atoms with Crippen molar-refractivity contribution in [1.29, 1.82) is 0 Å². The number of hydrogen-bond donors (Lipinski definition) is 2. The number of benzene rings is 2. The Labute approximate surface area is 161 Å². The molecule has 0 fully saturated rings. The van der Waals surface area contributed by atoms with Crippen LogP contribution in [-0.2, 0) is 15.8 Å². The third-order valence-electron chi connectivity index (χ3n) is 3.26. The van der Waals surface area contributed by atoms with Crippen LogP contribution in [0.5, 0.6) is 0 Å². The Morgan fingerprint density at radius 2 is 1.96 bits per heavy atom. The third-order valence-corrected chi connectivity index (χ3v) is 5.21. The summed E-state index contributed by atoms with van der Waals surface area (Å²) in [5, 5.41) is 2.94. The van der Waals surface area contributed by atoms with Gasteiger partial charge in [0.1, 0.15) is 5.82 Å². The summed E-state index contributed by atoms with van der Waals surface area (Å²) in [7, 11) is -3.45. The summed E-state index contributed by atoms with van der Waals surface area (Å²) in [6.07, 6.45) is 1.02. The molecule has 0 spiro atoms. The first-order valence-electron chi connectivity index (χ1n) is 7.63. The highest BCUT2D eigenvalue weighted by Crippen LogP contribution is 2.21. The molecule has 0 unspecified atom stereocenters. The first kappa shape index (κ1) is 20.5. The molecule has 26 heavy (non-hydrogen) atoms. The molecule has 2 rings (SSSR count). The summed E-state index contributed by atoms with van der Waals surface area (Å²) in [4.78, 5) is 12.2. The highest BCUT2D eigenvalue weighted by molar-refractivity contribution is 7.98. The van der Waals surface area contributed by atoms with Gasteiger partial charge < -0.3 is 5.32 Å². The van der Waals surface area contributed by atoms with Crippen LogP contribution in [0.4, 0.5) is 10.1 Å². The van der Waals surface area contributed by atoms with Gasteiger partial charge in [-0.3, -0.25) is 9.52 Å². The van der Waals surface area contributed by atoms with E-state index < -0.39 is 15.9 Å². The molecule has 0 aliphatic rings. The van der Waals surface area contributed by atoms with Gasteiger partial charge in [-0.2, -0.15) is 11.8 Å². The van der Waals surface area contributed by atoms with Gasteiger partial charge >= 0.3 is 0 Å². The summed E-state index contributed by atoms with van der Waals surface area (Å²) < 4.78 is 38.4. The highest BCUT2D eigenvalue weighted by atomic mass is 35.5. The van der Waals surface area contributed by atoms with Crippen molar-refractivity contribution in [2.45, 2.75) is 5.75 Å². The van der Waals surface area contributed by atoms with Crippen LogP contribution in [0.2, 0.25) is 5.02 Å². The second-order valence-electron chi connectivity index (χ2n) is 5.47. The lowest BCUT2D eigenvalue weighted by molar-refractivity contribution is 0.0956. The lowest BCUT2D eigenvalue weighted by Crippen LogP contribution is -2.26. The minimum Gasteiger partial charge on any atom is -0.351 e. The van der Waals surface area contributed by atoms with Crippen LogP contribution in [0.25, 0.3) is 0 Å². The van der Waals surface area contributed by atoms with Crippen molar-refractivity contribution in [3.63, 3.8) is 0 Å². The van der Waals surface area contributed by atoms with Gasteiger partial charge in [0, 0.05) is 23.7 Å². The van der Waals surface area contributed by atoms with E-state index in [-0.39, 0.29) is 22.1 Å². The van der Waals surface area contributed by atoms with E-state index in [1.54, 1.807) is 18.2 Å². The standard InChI is InChI=1S/C17H18ClFN2O3S2/c1-26(23,24)21-13-6-7-15(18)14(10-13)17(22)20-8-9-25-11-12-4-2-3-5-16(12)19/h2-7,10,21H,8-9,11H2,1H3,(H,20,22). The zero-order chi connectivity index (χ0) is 19.2. The molecule has 0 heterocycles. The summed E-state index contributed by atoms with van der Waals surface area (Å²) in [5.41, 5.74) is 1.06. The van der Waals surface area contributed by atoms with Crippen LogP contribution < -0.4 is 10.0 Å². The maximum Gasteiger partial charge on any atom is 0.252 e. The van der Waals surface area contributed by atoms with Crippen molar-refractivity contribution in [3.05, 3.63) is 64.4 Å². The molecule has 0 saturated carbocycles. The summed E-state index contributed by atoms with van der Waals surface area (Å²) in [6.45, 7) is 0.373. The number of hydrogen-bond acceptors (Lipinski definition) is 4. The Morgan fingerprint density at radius 1 is 1.23 bits per heavy atom. The summed E-state index contributed by atoms with van der Waals surface area (Å²) >= 11 is 7.51. The lowest BCUT2D eigenvalue weighted by Gasteiger charge is -2.10. The average molecular weight is 417 g/mol. The molecule has 140 valence electrons. The second kappa shape index (κ2) is 9.25. The average Bonchev–Trinajstić information content (AvgIpc) is 2.56. The fourth-order valence-corrected chi connectivity index (χ4v) is 3.71. The molecule has 2 aromatic rings. The molecular weight excluding hydrogens is 399 g/mol. The molecule has 2 aromatic carbocycles. The Kier molecular flexibility index (Phi) is 7.31. The zero-order valence-corrected chi connectivity index (χ0v) is 16.3. The van der Waals surface area contributed by atoms with E-state index in [1.165, 1.54) is 36.0 Å².